The summed E-state index contributed by atoms with van der Waals surface area (Å²) in [6, 6.07) is 13.3. The molecule has 0 unspecified atom stereocenters. The van der Waals surface area contributed by atoms with Crippen LogP contribution in [0.4, 0.5) is 23.7 Å². The number of imide groups is 1. The highest BCUT2D eigenvalue weighted by atomic mass is 35.5. The molecule has 1 N–H and O–H groups in total. The fourth-order valence-electron chi connectivity index (χ4n) is 3.28. The van der Waals surface area contributed by atoms with Crippen molar-refractivity contribution in [2.75, 3.05) is 11.9 Å². The van der Waals surface area contributed by atoms with Crippen LogP contribution in [0.5, 0.6) is 5.75 Å². The molecule has 12 heteroatoms. The summed E-state index contributed by atoms with van der Waals surface area (Å²) < 4.78 is 46.2. The zero-order valence-electron chi connectivity index (χ0n) is 18.6. The van der Waals surface area contributed by atoms with E-state index < -0.39 is 46.7 Å². The maximum Gasteiger partial charge on any atom is 0.294 e. The van der Waals surface area contributed by atoms with Crippen molar-refractivity contribution in [2.45, 2.75) is 6.61 Å². The second-order valence-electron chi connectivity index (χ2n) is 7.64. The smallest absolute Gasteiger partial charge is 0.294 e. The lowest BCUT2D eigenvalue weighted by Crippen LogP contribution is -2.36. The molecule has 1 saturated heterocycles. The number of amides is 3. The van der Waals surface area contributed by atoms with Crippen molar-refractivity contribution in [3.05, 3.63) is 98.1 Å². The number of thioether (sulfide) groups is 1. The molecule has 0 bridgehead atoms. The monoisotopic (exact) mass is 566 g/mol. The third kappa shape index (κ3) is 6.27. The predicted octanol–water partition coefficient (Wildman–Crippen LogP) is 6.66. The molecule has 0 spiro atoms. The minimum absolute atomic E-state index is 0.00770. The number of anilines is 1. The summed E-state index contributed by atoms with van der Waals surface area (Å²) >= 11 is 12.7. The zero-order valence-corrected chi connectivity index (χ0v) is 20.9. The normalized spacial score (nSPS) is 14.4. The summed E-state index contributed by atoms with van der Waals surface area (Å²) in [4.78, 5) is 38.2. The highest BCUT2D eigenvalue weighted by molar-refractivity contribution is 8.18. The van der Waals surface area contributed by atoms with Crippen molar-refractivity contribution in [1.82, 2.24) is 4.90 Å². The van der Waals surface area contributed by atoms with Gasteiger partial charge >= 0.3 is 0 Å². The first-order chi connectivity index (χ1) is 17.6. The SMILES string of the molecule is O=C(CN1C(=O)S/C(=C/c2cc(Cl)ccc2OCc2cccc(Cl)c2)C1=O)Nc1ccc(F)c(F)c1F. The van der Waals surface area contributed by atoms with E-state index in [9.17, 15) is 27.6 Å². The van der Waals surface area contributed by atoms with Gasteiger partial charge in [-0.05, 0) is 65.9 Å². The first-order valence-electron chi connectivity index (χ1n) is 10.5. The summed E-state index contributed by atoms with van der Waals surface area (Å²) in [5.41, 5.74) is 0.581. The van der Waals surface area contributed by atoms with Crippen molar-refractivity contribution in [3.63, 3.8) is 0 Å². The van der Waals surface area contributed by atoms with Gasteiger partial charge in [-0.15, -0.1) is 0 Å². The second kappa shape index (κ2) is 11.3. The molecule has 0 aliphatic carbocycles. The predicted molar refractivity (Wildman–Crippen MR) is 135 cm³/mol. The van der Waals surface area contributed by atoms with E-state index in [1.54, 1.807) is 36.4 Å². The largest absolute Gasteiger partial charge is 0.488 e. The number of nitrogens with one attached hydrogen (secondary N) is 1. The van der Waals surface area contributed by atoms with Gasteiger partial charge in [0.25, 0.3) is 11.1 Å². The van der Waals surface area contributed by atoms with E-state index in [2.05, 4.69) is 0 Å². The van der Waals surface area contributed by atoms with Crippen molar-refractivity contribution < 1.29 is 32.3 Å². The van der Waals surface area contributed by atoms with Crippen LogP contribution in [0.15, 0.2) is 59.5 Å². The summed E-state index contributed by atoms with van der Waals surface area (Å²) in [5, 5.41) is 2.17. The molecule has 1 heterocycles. The molecular weight excluding hydrogens is 552 g/mol. The van der Waals surface area contributed by atoms with Crippen LogP contribution < -0.4 is 10.1 Å². The number of rotatable bonds is 7. The lowest BCUT2D eigenvalue weighted by atomic mass is 10.1. The molecule has 1 aliphatic rings. The Morgan fingerprint density at radius 2 is 1.76 bits per heavy atom. The van der Waals surface area contributed by atoms with Crippen LogP contribution in [0.3, 0.4) is 0 Å². The maximum atomic E-state index is 13.8. The summed E-state index contributed by atoms with van der Waals surface area (Å²) in [7, 11) is 0. The van der Waals surface area contributed by atoms with E-state index in [4.69, 9.17) is 27.9 Å². The number of carbonyl (C=O) groups is 3. The molecule has 1 aliphatic heterocycles. The van der Waals surface area contributed by atoms with Gasteiger partial charge in [-0.25, -0.2) is 13.2 Å². The van der Waals surface area contributed by atoms with E-state index in [0.717, 1.165) is 11.6 Å². The Kier molecular flexibility index (Phi) is 8.11. The minimum Gasteiger partial charge on any atom is -0.488 e. The van der Waals surface area contributed by atoms with Crippen molar-refractivity contribution in [1.29, 1.82) is 0 Å². The zero-order chi connectivity index (χ0) is 26.7. The minimum atomic E-state index is -1.76. The highest BCUT2D eigenvalue weighted by Crippen LogP contribution is 2.35. The number of benzene rings is 3. The number of carbonyl (C=O) groups excluding carboxylic acids is 3. The van der Waals surface area contributed by atoms with E-state index in [0.29, 0.717) is 44.1 Å². The molecule has 37 heavy (non-hydrogen) atoms. The standard InChI is InChI=1S/C25H15Cl2F3N2O4S/c26-15-3-1-2-13(8-15)12-36-19-7-4-16(27)9-14(19)10-20-24(34)32(25(35)37-20)11-21(33)31-18-6-5-17(28)22(29)23(18)30/h1-10H,11-12H2,(H,31,33)/b20-10+. The van der Waals surface area contributed by atoms with Gasteiger partial charge in [-0.1, -0.05) is 35.3 Å². The van der Waals surface area contributed by atoms with E-state index in [1.165, 1.54) is 6.08 Å². The van der Waals surface area contributed by atoms with Gasteiger partial charge in [0.15, 0.2) is 17.5 Å². The molecule has 3 amide bonds. The Morgan fingerprint density at radius 1 is 1.00 bits per heavy atom. The first-order valence-corrected chi connectivity index (χ1v) is 12.0. The first kappa shape index (κ1) is 26.6. The van der Waals surface area contributed by atoms with Crippen LogP contribution in [0.1, 0.15) is 11.1 Å². The molecule has 6 nitrogen and oxygen atoms in total. The maximum absolute atomic E-state index is 13.8. The Hall–Kier alpha value is -3.47. The molecule has 0 aromatic heterocycles. The molecular formula is C25H15Cl2F3N2O4S. The number of hydrogen-bond acceptors (Lipinski definition) is 5. The van der Waals surface area contributed by atoms with Crippen LogP contribution in [0.25, 0.3) is 6.08 Å². The van der Waals surface area contributed by atoms with Gasteiger partial charge in [0.2, 0.25) is 5.91 Å². The number of nitrogens with zero attached hydrogens (tertiary/aromatic N) is 1. The Labute approximate surface area is 223 Å². The van der Waals surface area contributed by atoms with Crippen molar-refractivity contribution in [2.24, 2.45) is 0 Å². The Bertz CT molecular complexity index is 1450. The molecule has 3 aromatic carbocycles. The van der Waals surface area contributed by atoms with Crippen LogP contribution in [-0.2, 0) is 16.2 Å². The molecule has 3 aromatic rings. The fourth-order valence-corrected chi connectivity index (χ4v) is 4.51. The van der Waals surface area contributed by atoms with Gasteiger partial charge in [-0.3, -0.25) is 19.3 Å². The molecule has 1 fully saturated rings. The molecule has 0 radical (unpaired) electrons. The Morgan fingerprint density at radius 3 is 2.51 bits per heavy atom. The third-order valence-electron chi connectivity index (χ3n) is 5.03. The average Bonchev–Trinajstić information content (AvgIpc) is 3.11. The molecule has 190 valence electrons. The lowest BCUT2D eigenvalue weighted by Gasteiger charge is -2.13. The topological polar surface area (TPSA) is 75.7 Å². The van der Waals surface area contributed by atoms with E-state index in [1.807, 2.05) is 11.4 Å². The second-order valence-corrected chi connectivity index (χ2v) is 9.51. The molecule has 4 rings (SSSR count). The van der Waals surface area contributed by atoms with E-state index >= 15 is 0 Å². The number of hydrogen-bond donors (Lipinski definition) is 1. The third-order valence-corrected chi connectivity index (χ3v) is 6.40. The quantitative estimate of drug-likeness (QED) is 0.255. The summed E-state index contributed by atoms with van der Waals surface area (Å²) in [6.45, 7) is -0.598. The van der Waals surface area contributed by atoms with Gasteiger partial charge in [0, 0.05) is 15.6 Å². The van der Waals surface area contributed by atoms with Gasteiger partial charge in [0.05, 0.1) is 10.6 Å². The summed E-state index contributed by atoms with van der Waals surface area (Å²) in [6.07, 6.45) is 1.40. The lowest BCUT2D eigenvalue weighted by molar-refractivity contribution is -0.127. The summed E-state index contributed by atoms with van der Waals surface area (Å²) in [5.74, 6) is -6.18. The number of halogens is 5. The van der Waals surface area contributed by atoms with Gasteiger partial charge in [-0.2, -0.15) is 0 Å². The van der Waals surface area contributed by atoms with Crippen LogP contribution in [0.2, 0.25) is 10.0 Å². The van der Waals surface area contributed by atoms with Crippen LogP contribution in [-0.4, -0.2) is 28.5 Å². The average molecular weight is 567 g/mol. The van der Waals surface area contributed by atoms with Crippen molar-refractivity contribution in [3.8, 4) is 5.75 Å². The fraction of sp³-hybridized carbons (Fsp3) is 0.0800. The molecule has 0 atom stereocenters. The van der Waals surface area contributed by atoms with Gasteiger partial charge < -0.3 is 10.1 Å². The van der Waals surface area contributed by atoms with Gasteiger partial charge in [0.1, 0.15) is 18.9 Å². The molecule has 0 saturated carbocycles. The van der Waals surface area contributed by atoms with E-state index in [-0.39, 0.29) is 11.5 Å². The number of ether oxygens (including phenoxy) is 1. The highest BCUT2D eigenvalue weighted by Gasteiger charge is 2.36. The van der Waals surface area contributed by atoms with Crippen LogP contribution in [0, 0.1) is 17.5 Å². The Balaban J connectivity index is 1.49. The van der Waals surface area contributed by atoms with Crippen molar-refractivity contribution >= 4 is 63.8 Å². The van der Waals surface area contributed by atoms with Crippen LogP contribution >= 0.6 is 35.0 Å².